The lowest BCUT2D eigenvalue weighted by molar-refractivity contribution is 0.102. The molecule has 2 aromatic heterocycles. The Bertz CT molecular complexity index is 831. The Labute approximate surface area is 151 Å². The van der Waals surface area contributed by atoms with Crippen LogP contribution in [0.1, 0.15) is 24.2 Å². The van der Waals surface area contributed by atoms with Crippen LogP contribution in [0.4, 0.5) is 0 Å². The maximum absolute atomic E-state index is 12.3. The van der Waals surface area contributed by atoms with E-state index in [0.29, 0.717) is 11.7 Å². The van der Waals surface area contributed by atoms with E-state index in [1.54, 1.807) is 12.4 Å². The Balaban J connectivity index is 1.81. The molecule has 0 spiro atoms. The van der Waals surface area contributed by atoms with Crippen molar-refractivity contribution in [1.82, 2.24) is 19.7 Å². The molecule has 128 valence electrons. The van der Waals surface area contributed by atoms with Gasteiger partial charge in [0.2, 0.25) is 0 Å². The molecule has 0 saturated heterocycles. The number of rotatable bonds is 7. The summed E-state index contributed by atoms with van der Waals surface area (Å²) < 4.78 is 2.09. The van der Waals surface area contributed by atoms with Crippen LogP contribution in [0.25, 0.3) is 11.4 Å². The maximum atomic E-state index is 12.3. The zero-order chi connectivity index (χ0) is 17.6. The van der Waals surface area contributed by atoms with Crippen LogP contribution in [-0.2, 0) is 6.54 Å². The number of hydrogen-bond acceptors (Lipinski definition) is 5. The molecule has 3 aromatic rings. The Morgan fingerprint density at radius 2 is 1.80 bits per heavy atom. The van der Waals surface area contributed by atoms with Gasteiger partial charge in [0.05, 0.1) is 5.75 Å². The molecule has 0 atom stereocenters. The highest BCUT2D eigenvalue weighted by Gasteiger charge is 2.17. The molecular weight excluding hydrogens is 332 g/mol. The van der Waals surface area contributed by atoms with Gasteiger partial charge in [-0.05, 0) is 18.1 Å². The summed E-state index contributed by atoms with van der Waals surface area (Å²) in [6.45, 7) is 5.10. The standard InChI is InChI=1S/C19H20N4OS/c1-14(2)12-23-18(16-8-10-20-11-9-16)21-22-19(23)25-13-17(24)15-6-4-3-5-7-15/h3-11,14H,12-13H2,1-2H3. The number of nitrogens with zero attached hydrogens (tertiary/aromatic N) is 4. The molecule has 0 aliphatic carbocycles. The fourth-order valence-electron chi connectivity index (χ4n) is 2.48. The van der Waals surface area contributed by atoms with Gasteiger partial charge >= 0.3 is 0 Å². The van der Waals surface area contributed by atoms with Gasteiger partial charge in [0.1, 0.15) is 0 Å². The minimum atomic E-state index is 0.0927. The smallest absolute Gasteiger partial charge is 0.191 e. The Morgan fingerprint density at radius 1 is 1.08 bits per heavy atom. The highest BCUT2D eigenvalue weighted by Crippen LogP contribution is 2.25. The third kappa shape index (κ3) is 4.33. The second-order valence-electron chi connectivity index (χ2n) is 6.12. The SMILES string of the molecule is CC(C)Cn1c(SCC(=O)c2ccccc2)nnc1-c1ccncc1. The van der Waals surface area contributed by atoms with Crippen LogP contribution >= 0.6 is 11.8 Å². The number of aromatic nitrogens is 4. The predicted molar refractivity (Wildman–Crippen MR) is 99.6 cm³/mol. The lowest BCUT2D eigenvalue weighted by Crippen LogP contribution is -2.09. The van der Waals surface area contributed by atoms with Crippen molar-refractivity contribution in [3.8, 4) is 11.4 Å². The minimum Gasteiger partial charge on any atom is -0.302 e. The Hall–Kier alpha value is -2.47. The fraction of sp³-hybridized carbons (Fsp3) is 0.263. The van der Waals surface area contributed by atoms with E-state index in [1.165, 1.54) is 11.8 Å². The largest absolute Gasteiger partial charge is 0.302 e. The molecule has 0 bridgehead atoms. The van der Waals surface area contributed by atoms with Crippen LogP contribution in [0, 0.1) is 5.92 Å². The van der Waals surface area contributed by atoms with Crippen LogP contribution in [0.5, 0.6) is 0 Å². The second kappa shape index (κ2) is 8.07. The van der Waals surface area contributed by atoms with Crippen molar-refractivity contribution in [3.63, 3.8) is 0 Å². The monoisotopic (exact) mass is 352 g/mol. The average molecular weight is 352 g/mol. The first kappa shape index (κ1) is 17.4. The zero-order valence-electron chi connectivity index (χ0n) is 14.3. The number of carbonyl (C=O) groups excluding carboxylic acids is 1. The molecule has 0 aliphatic rings. The van der Waals surface area contributed by atoms with E-state index in [9.17, 15) is 4.79 Å². The molecule has 0 N–H and O–H groups in total. The van der Waals surface area contributed by atoms with Gasteiger partial charge in [0, 0.05) is 30.1 Å². The van der Waals surface area contributed by atoms with E-state index < -0.39 is 0 Å². The van der Waals surface area contributed by atoms with Crippen molar-refractivity contribution >= 4 is 17.5 Å². The van der Waals surface area contributed by atoms with Crippen LogP contribution in [0.3, 0.4) is 0 Å². The first-order valence-electron chi connectivity index (χ1n) is 8.20. The van der Waals surface area contributed by atoms with E-state index in [0.717, 1.165) is 28.7 Å². The third-order valence-corrected chi connectivity index (χ3v) is 4.60. The van der Waals surface area contributed by atoms with Gasteiger partial charge in [-0.1, -0.05) is 55.9 Å². The zero-order valence-corrected chi connectivity index (χ0v) is 15.1. The molecule has 6 heteroatoms. The lowest BCUT2D eigenvalue weighted by atomic mass is 10.2. The summed E-state index contributed by atoms with van der Waals surface area (Å²) in [5, 5.41) is 9.43. The van der Waals surface area contributed by atoms with E-state index in [-0.39, 0.29) is 5.78 Å². The summed E-state index contributed by atoms with van der Waals surface area (Å²) in [6, 6.07) is 13.2. The van der Waals surface area contributed by atoms with Crippen LogP contribution in [0.15, 0.2) is 60.0 Å². The first-order valence-corrected chi connectivity index (χ1v) is 9.18. The summed E-state index contributed by atoms with van der Waals surface area (Å²) in [6.07, 6.45) is 3.49. The predicted octanol–water partition coefficient (Wildman–Crippen LogP) is 3.97. The van der Waals surface area contributed by atoms with Gasteiger partial charge in [-0.15, -0.1) is 10.2 Å². The topological polar surface area (TPSA) is 60.7 Å². The second-order valence-corrected chi connectivity index (χ2v) is 7.07. The summed E-state index contributed by atoms with van der Waals surface area (Å²) in [5.74, 6) is 1.69. The molecule has 0 aliphatic heterocycles. The molecule has 0 fully saturated rings. The number of carbonyl (C=O) groups is 1. The van der Waals surface area contributed by atoms with Crippen molar-refractivity contribution in [2.24, 2.45) is 5.92 Å². The van der Waals surface area contributed by atoms with E-state index in [4.69, 9.17) is 0 Å². The van der Waals surface area contributed by atoms with Crippen molar-refractivity contribution in [2.75, 3.05) is 5.75 Å². The molecule has 5 nitrogen and oxygen atoms in total. The summed E-state index contributed by atoms with van der Waals surface area (Å²) >= 11 is 1.43. The number of hydrogen-bond donors (Lipinski definition) is 0. The Morgan fingerprint density at radius 3 is 2.48 bits per heavy atom. The van der Waals surface area contributed by atoms with Crippen molar-refractivity contribution < 1.29 is 4.79 Å². The third-order valence-electron chi connectivity index (χ3n) is 3.63. The number of benzene rings is 1. The molecule has 2 heterocycles. The van der Waals surface area contributed by atoms with E-state index in [1.807, 2.05) is 42.5 Å². The van der Waals surface area contributed by atoms with Crippen LogP contribution in [0.2, 0.25) is 0 Å². The lowest BCUT2D eigenvalue weighted by Gasteiger charge is -2.12. The van der Waals surface area contributed by atoms with Gasteiger partial charge < -0.3 is 4.57 Å². The highest BCUT2D eigenvalue weighted by atomic mass is 32.2. The molecule has 0 unspecified atom stereocenters. The summed E-state index contributed by atoms with van der Waals surface area (Å²) in [4.78, 5) is 16.4. The number of Topliss-reactive ketones (excluding diaryl/α,β-unsaturated/α-hetero) is 1. The molecule has 0 saturated carbocycles. The average Bonchev–Trinajstić information content (AvgIpc) is 3.03. The quantitative estimate of drug-likeness (QED) is 0.475. The first-order chi connectivity index (χ1) is 12.1. The molecule has 25 heavy (non-hydrogen) atoms. The van der Waals surface area contributed by atoms with E-state index in [2.05, 4.69) is 33.6 Å². The molecular formula is C19H20N4OS. The van der Waals surface area contributed by atoms with Crippen molar-refractivity contribution in [3.05, 3.63) is 60.4 Å². The molecule has 0 radical (unpaired) electrons. The van der Waals surface area contributed by atoms with Gasteiger partial charge in [0.25, 0.3) is 0 Å². The molecule has 1 aromatic carbocycles. The number of pyridine rings is 1. The normalized spacial score (nSPS) is 11.0. The minimum absolute atomic E-state index is 0.0927. The molecule has 0 amide bonds. The summed E-state index contributed by atoms with van der Waals surface area (Å²) in [5.41, 5.74) is 1.70. The number of thioether (sulfide) groups is 1. The van der Waals surface area contributed by atoms with Gasteiger partial charge in [-0.25, -0.2) is 0 Å². The van der Waals surface area contributed by atoms with Crippen molar-refractivity contribution in [1.29, 1.82) is 0 Å². The van der Waals surface area contributed by atoms with Gasteiger partial charge in [-0.2, -0.15) is 0 Å². The Kier molecular flexibility index (Phi) is 5.60. The number of ketones is 1. The van der Waals surface area contributed by atoms with Crippen LogP contribution < -0.4 is 0 Å². The fourth-order valence-corrected chi connectivity index (χ4v) is 3.32. The maximum Gasteiger partial charge on any atom is 0.191 e. The van der Waals surface area contributed by atoms with E-state index >= 15 is 0 Å². The van der Waals surface area contributed by atoms with Gasteiger partial charge in [-0.3, -0.25) is 9.78 Å². The van der Waals surface area contributed by atoms with Crippen molar-refractivity contribution in [2.45, 2.75) is 25.5 Å². The van der Waals surface area contributed by atoms with Crippen LogP contribution in [-0.4, -0.2) is 31.3 Å². The summed E-state index contributed by atoms with van der Waals surface area (Å²) in [7, 11) is 0. The molecule has 3 rings (SSSR count). The van der Waals surface area contributed by atoms with Gasteiger partial charge in [0.15, 0.2) is 16.8 Å². The highest BCUT2D eigenvalue weighted by molar-refractivity contribution is 7.99.